The van der Waals surface area contributed by atoms with Crippen molar-refractivity contribution < 1.29 is 14.6 Å². The second-order valence-corrected chi connectivity index (χ2v) is 4.51. The van der Waals surface area contributed by atoms with Gasteiger partial charge in [0.25, 0.3) is 0 Å². The molecule has 5 nitrogen and oxygen atoms in total. The van der Waals surface area contributed by atoms with E-state index < -0.39 is 5.97 Å². The van der Waals surface area contributed by atoms with Crippen molar-refractivity contribution in [2.75, 3.05) is 0 Å². The van der Waals surface area contributed by atoms with E-state index >= 15 is 0 Å². The van der Waals surface area contributed by atoms with Crippen LogP contribution in [0.3, 0.4) is 0 Å². The number of nitrogens with one attached hydrogen (secondary N) is 1. The molecule has 0 radical (unpaired) electrons. The Kier molecular flexibility index (Phi) is 3.55. The molecule has 1 heterocycles. The molecule has 19 heavy (non-hydrogen) atoms. The van der Waals surface area contributed by atoms with E-state index in [1.807, 2.05) is 32.0 Å². The van der Waals surface area contributed by atoms with Crippen molar-refractivity contribution in [2.24, 2.45) is 0 Å². The van der Waals surface area contributed by atoms with Gasteiger partial charge < -0.3 is 9.84 Å². The second-order valence-electron chi connectivity index (χ2n) is 4.51. The van der Waals surface area contributed by atoms with Crippen LogP contribution >= 0.6 is 0 Å². The van der Waals surface area contributed by atoms with Gasteiger partial charge in [-0.1, -0.05) is 6.07 Å². The summed E-state index contributed by atoms with van der Waals surface area (Å²) in [5.41, 5.74) is 3.45. The maximum absolute atomic E-state index is 11.1. The summed E-state index contributed by atoms with van der Waals surface area (Å²) < 4.78 is 5.59. The summed E-state index contributed by atoms with van der Waals surface area (Å²) in [6.45, 7) is 5.84. The standard InChI is InChI=1S/C14H16N2O3/c1-8-4-5-11(6-9(8)2)19-7-12-13(14(17)18)10(3)15-16-12/h4-6H,7H2,1-3H3,(H,15,16)(H,17,18). The molecule has 0 aliphatic carbocycles. The van der Waals surface area contributed by atoms with Gasteiger partial charge in [0, 0.05) is 5.69 Å². The number of benzene rings is 1. The van der Waals surface area contributed by atoms with Crippen molar-refractivity contribution in [1.82, 2.24) is 10.2 Å². The monoisotopic (exact) mass is 260 g/mol. The van der Waals surface area contributed by atoms with Gasteiger partial charge in [-0.3, -0.25) is 5.10 Å². The molecule has 0 unspecified atom stereocenters. The summed E-state index contributed by atoms with van der Waals surface area (Å²) in [6, 6.07) is 5.76. The highest BCUT2D eigenvalue weighted by atomic mass is 16.5. The first-order valence-electron chi connectivity index (χ1n) is 5.96. The molecule has 0 atom stereocenters. The summed E-state index contributed by atoms with van der Waals surface area (Å²) in [6.07, 6.45) is 0. The average molecular weight is 260 g/mol. The third-order valence-electron chi connectivity index (χ3n) is 3.09. The minimum absolute atomic E-state index is 0.133. The smallest absolute Gasteiger partial charge is 0.339 e. The molecule has 100 valence electrons. The molecule has 2 aromatic rings. The summed E-state index contributed by atoms with van der Waals surface area (Å²) in [5.74, 6) is -0.287. The topological polar surface area (TPSA) is 75.2 Å². The number of carbonyl (C=O) groups is 1. The van der Waals surface area contributed by atoms with Crippen LogP contribution in [-0.4, -0.2) is 21.3 Å². The number of aromatic nitrogens is 2. The van der Waals surface area contributed by atoms with Crippen LogP contribution in [0.25, 0.3) is 0 Å². The highest BCUT2D eigenvalue weighted by molar-refractivity contribution is 5.90. The molecule has 0 aliphatic rings. The lowest BCUT2D eigenvalue weighted by Crippen LogP contribution is -2.05. The van der Waals surface area contributed by atoms with Crippen molar-refractivity contribution in [3.63, 3.8) is 0 Å². The Morgan fingerprint density at radius 1 is 1.32 bits per heavy atom. The molecule has 2 N–H and O–H groups in total. The number of aromatic carboxylic acids is 1. The van der Waals surface area contributed by atoms with Gasteiger partial charge in [-0.2, -0.15) is 5.10 Å². The predicted octanol–water partition coefficient (Wildman–Crippen LogP) is 2.61. The van der Waals surface area contributed by atoms with Crippen LogP contribution in [0.5, 0.6) is 5.75 Å². The van der Waals surface area contributed by atoms with Crippen molar-refractivity contribution in [2.45, 2.75) is 27.4 Å². The molecular formula is C14H16N2O3. The Labute approximate surface area is 111 Å². The first-order valence-corrected chi connectivity index (χ1v) is 5.96. The highest BCUT2D eigenvalue weighted by Crippen LogP contribution is 2.19. The van der Waals surface area contributed by atoms with E-state index in [4.69, 9.17) is 9.84 Å². The maximum atomic E-state index is 11.1. The average Bonchev–Trinajstić information content (AvgIpc) is 2.72. The maximum Gasteiger partial charge on any atom is 0.339 e. The summed E-state index contributed by atoms with van der Waals surface area (Å²) in [7, 11) is 0. The van der Waals surface area contributed by atoms with Crippen LogP contribution in [-0.2, 0) is 6.61 Å². The van der Waals surface area contributed by atoms with Gasteiger partial charge in [-0.15, -0.1) is 0 Å². The van der Waals surface area contributed by atoms with Crippen LogP contribution in [0.15, 0.2) is 18.2 Å². The van der Waals surface area contributed by atoms with Crippen LogP contribution in [0.1, 0.15) is 32.9 Å². The first kappa shape index (κ1) is 13.1. The SMILES string of the molecule is Cc1ccc(OCc2n[nH]c(C)c2C(=O)O)cc1C. The number of carboxylic acid groups (broad SMARTS) is 1. The number of aromatic amines is 1. The summed E-state index contributed by atoms with van der Waals surface area (Å²) in [5, 5.41) is 15.7. The fraction of sp³-hybridized carbons (Fsp3) is 0.286. The molecule has 2 rings (SSSR count). The van der Waals surface area contributed by atoms with Gasteiger partial charge in [0.2, 0.25) is 0 Å². The molecule has 0 bridgehead atoms. The Morgan fingerprint density at radius 3 is 2.68 bits per heavy atom. The number of H-pyrrole nitrogens is 1. The zero-order valence-corrected chi connectivity index (χ0v) is 11.2. The van der Waals surface area contributed by atoms with Gasteiger partial charge in [0.1, 0.15) is 23.6 Å². The molecule has 1 aromatic carbocycles. The predicted molar refractivity (Wildman–Crippen MR) is 70.5 cm³/mol. The number of rotatable bonds is 4. The van der Waals surface area contributed by atoms with E-state index in [-0.39, 0.29) is 12.2 Å². The van der Waals surface area contributed by atoms with Crippen LogP contribution < -0.4 is 4.74 Å². The van der Waals surface area contributed by atoms with Crippen molar-refractivity contribution >= 4 is 5.97 Å². The quantitative estimate of drug-likeness (QED) is 0.886. The first-order chi connectivity index (χ1) is 8.99. The fourth-order valence-electron chi connectivity index (χ4n) is 1.82. The Morgan fingerprint density at radius 2 is 2.05 bits per heavy atom. The number of aryl methyl sites for hydroxylation is 3. The third kappa shape index (κ3) is 2.76. The van der Waals surface area contributed by atoms with Gasteiger partial charge in [-0.05, 0) is 44.0 Å². The zero-order chi connectivity index (χ0) is 14.0. The lowest BCUT2D eigenvalue weighted by molar-refractivity contribution is 0.0693. The van der Waals surface area contributed by atoms with Crippen molar-refractivity contribution in [1.29, 1.82) is 0 Å². The van der Waals surface area contributed by atoms with E-state index in [1.54, 1.807) is 6.92 Å². The van der Waals surface area contributed by atoms with E-state index in [1.165, 1.54) is 5.56 Å². The van der Waals surface area contributed by atoms with Crippen molar-refractivity contribution in [3.05, 3.63) is 46.3 Å². The van der Waals surface area contributed by atoms with E-state index in [9.17, 15) is 4.79 Å². The highest BCUT2D eigenvalue weighted by Gasteiger charge is 2.17. The van der Waals surface area contributed by atoms with Crippen LogP contribution in [0.4, 0.5) is 0 Å². The van der Waals surface area contributed by atoms with Gasteiger partial charge in [0.05, 0.1) is 0 Å². The number of hydrogen-bond acceptors (Lipinski definition) is 3. The normalized spacial score (nSPS) is 10.5. The zero-order valence-electron chi connectivity index (χ0n) is 11.2. The number of hydrogen-bond donors (Lipinski definition) is 2. The minimum Gasteiger partial charge on any atom is -0.487 e. The molecule has 0 spiro atoms. The van der Waals surface area contributed by atoms with Crippen LogP contribution in [0, 0.1) is 20.8 Å². The number of nitrogens with zero attached hydrogens (tertiary/aromatic N) is 1. The van der Waals surface area contributed by atoms with Gasteiger partial charge >= 0.3 is 5.97 Å². The fourth-order valence-corrected chi connectivity index (χ4v) is 1.82. The molecule has 0 aliphatic heterocycles. The molecule has 1 aromatic heterocycles. The van der Waals surface area contributed by atoms with E-state index in [0.29, 0.717) is 17.1 Å². The Bertz CT molecular complexity index is 617. The molecule has 5 heteroatoms. The lowest BCUT2D eigenvalue weighted by Gasteiger charge is -2.07. The lowest BCUT2D eigenvalue weighted by atomic mass is 10.1. The number of ether oxygens (including phenoxy) is 1. The molecule has 0 saturated heterocycles. The Balaban J connectivity index is 2.14. The molecular weight excluding hydrogens is 244 g/mol. The Hall–Kier alpha value is -2.30. The van der Waals surface area contributed by atoms with Crippen LogP contribution in [0.2, 0.25) is 0 Å². The van der Waals surface area contributed by atoms with E-state index in [0.717, 1.165) is 5.56 Å². The van der Waals surface area contributed by atoms with Gasteiger partial charge in [-0.25, -0.2) is 4.79 Å². The summed E-state index contributed by atoms with van der Waals surface area (Å²) in [4.78, 5) is 11.1. The molecule has 0 fully saturated rings. The van der Waals surface area contributed by atoms with Gasteiger partial charge in [0.15, 0.2) is 0 Å². The third-order valence-corrected chi connectivity index (χ3v) is 3.09. The molecule has 0 amide bonds. The summed E-state index contributed by atoms with van der Waals surface area (Å²) >= 11 is 0. The number of carboxylic acids is 1. The molecule has 0 saturated carbocycles. The minimum atomic E-state index is -0.995. The van der Waals surface area contributed by atoms with E-state index in [2.05, 4.69) is 10.2 Å². The van der Waals surface area contributed by atoms with Crippen molar-refractivity contribution in [3.8, 4) is 5.75 Å². The largest absolute Gasteiger partial charge is 0.487 e. The second kappa shape index (κ2) is 5.14.